The van der Waals surface area contributed by atoms with Crippen molar-refractivity contribution in [3.05, 3.63) is 23.8 Å². The predicted octanol–water partition coefficient (Wildman–Crippen LogP) is 1.16. The van der Waals surface area contributed by atoms with Crippen molar-refractivity contribution in [2.45, 2.75) is 19.4 Å². The molecule has 0 atom stereocenters. The first-order valence-corrected chi connectivity index (χ1v) is 6.83. The molecule has 1 aromatic carbocycles. The summed E-state index contributed by atoms with van der Waals surface area (Å²) >= 11 is 0. The van der Waals surface area contributed by atoms with E-state index in [1.165, 1.54) is 18.2 Å². The smallest absolute Gasteiger partial charge is 0.261 e. The molecule has 0 unspecified atom stereocenters. The van der Waals surface area contributed by atoms with E-state index < -0.39 is 5.54 Å². The molecule has 0 spiro atoms. The second kappa shape index (κ2) is 5.62. The highest BCUT2D eigenvalue weighted by Crippen LogP contribution is 2.28. The minimum Gasteiger partial charge on any atom is -0.507 e. The van der Waals surface area contributed by atoms with Crippen LogP contribution in [0.3, 0.4) is 0 Å². The van der Waals surface area contributed by atoms with Crippen molar-refractivity contribution >= 4 is 5.91 Å². The molecule has 0 aromatic heterocycles. The average Bonchev–Trinajstić information content (AvgIpc) is 2.47. The van der Waals surface area contributed by atoms with Gasteiger partial charge in [0.25, 0.3) is 5.91 Å². The van der Waals surface area contributed by atoms with Crippen LogP contribution in [0.1, 0.15) is 24.2 Å². The third-order valence-corrected chi connectivity index (χ3v) is 3.87. The SMILES string of the molecule is CC(C)(C#N)N1CCN(C(=O)c2c(O)cccc2O)CC1. The third kappa shape index (κ3) is 2.93. The fourth-order valence-electron chi connectivity index (χ4n) is 2.44. The summed E-state index contributed by atoms with van der Waals surface area (Å²) in [5.41, 5.74) is -0.628. The van der Waals surface area contributed by atoms with E-state index in [-0.39, 0.29) is 23.0 Å². The Labute approximate surface area is 123 Å². The van der Waals surface area contributed by atoms with Gasteiger partial charge in [0.05, 0.1) is 6.07 Å². The summed E-state index contributed by atoms with van der Waals surface area (Å²) in [7, 11) is 0. The molecule has 1 saturated heterocycles. The highest BCUT2D eigenvalue weighted by molar-refractivity contribution is 5.99. The number of phenolic OH excluding ortho intramolecular Hbond substituents is 2. The number of carbonyl (C=O) groups is 1. The zero-order valence-corrected chi connectivity index (χ0v) is 12.2. The predicted molar refractivity (Wildman–Crippen MR) is 76.9 cm³/mol. The molecule has 1 aromatic rings. The quantitative estimate of drug-likeness (QED) is 0.853. The third-order valence-electron chi connectivity index (χ3n) is 3.87. The van der Waals surface area contributed by atoms with Crippen LogP contribution in [0.25, 0.3) is 0 Å². The van der Waals surface area contributed by atoms with Gasteiger partial charge in [0.1, 0.15) is 22.6 Å². The summed E-state index contributed by atoms with van der Waals surface area (Å²) in [4.78, 5) is 16.0. The van der Waals surface area contributed by atoms with Crippen LogP contribution in [-0.4, -0.2) is 57.6 Å². The lowest BCUT2D eigenvalue weighted by Gasteiger charge is -2.40. The summed E-state index contributed by atoms with van der Waals surface area (Å²) in [6.07, 6.45) is 0. The first kappa shape index (κ1) is 15.1. The lowest BCUT2D eigenvalue weighted by Crippen LogP contribution is -2.55. The van der Waals surface area contributed by atoms with Gasteiger partial charge in [0.15, 0.2) is 0 Å². The number of hydrogen-bond acceptors (Lipinski definition) is 5. The molecule has 6 heteroatoms. The molecule has 1 heterocycles. The Hall–Kier alpha value is -2.26. The van der Waals surface area contributed by atoms with Crippen molar-refractivity contribution < 1.29 is 15.0 Å². The van der Waals surface area contributed by atoms with Gasteiger partial charge in [-0.15, -0.1) is 0 Å². The number of nitrogens with zero attached hydrogens (tertiary/aromatic N) is 3. The molecule has 2 rings (SSSR count). The van der Waals surface area contributed by atoms with Gasteiger partial charge in [-0.3, -0.25) is 9.69 Å². The molecular weight excluding hydrogens is 270 g/mol. The maximum absolute atomic E-state index is 12.4. The summed E-state index contributed by atoms with van der Waals surface area (Å²) in [6, 6.07) is 6.48. The summed E-state index contributed by atoms with van der Waals surface area (Å²) in [5.74, 6) is -0.834. The van der Waals surface area contributed by atoms with Gasteiger partial charge >= 0.3 is 0 Å². The van der Waals surface area contributed by atoms with Crippen molar-refractivity contribution in [3.8, 4) is 17.6 Å². The first-order valence-electron chi connectivity index (χ1n) is 6.83. The lowest BCUT2D eigenvalue weighted by atomic mass is 10.0. The Kier molecular flexibility index (Phi) is 4.05. The van der Waals surface area contributed by atoms with E-state index in [0.29, 0.717) is 26.2 Å². The van der Waals surface area contributed by atoms with E-state index in [2.05, 4.69) is 6.07 Å². The second-order valence-corrected chi connectivity index (χ2v) is 5.62. The lowest BCUT2D eigenvalue weighted by molar-refractivity contribution is 0.0516. The summed E-state index contributed by atoms with van der Waals surface area (Å²) in [6.45, 7) is 5.77. The molecule has 6 nitrogen and oxygen atoms in total. The fraction of sp³-hybridized carbons (Fsp3) is 0.467. The van der Waals surface area contributed by atoms with Crippen molar-refractivity contribution in [2.75, 3.05) is 26.2 Å². The number of nitriles is 1. The van der Waals surface area contributed by atoms with E-state index >= 15 is 0 Å². The summed E-state index contributed by atoms with van der Waals surface area (Å²) < 4.78 is 0. The second-order valence-electron chi connectivity index (χ2n) is 5.62. The summed E-state index contributed by atoms with van der Waals surface area (Å²) in [5, 5.41) is 28.6. The van der Waals surface area contributed by atoms with Crippen LogP contribution in [0.2, 0.25) is 0 Å². The number of piperazine rings is 1. The number of aromatic hydroxyl groups is 2. The molecule has 0 saturated carbocycles. The van der Waals surface area contributed by atoms with E-state index in [4.69, 9.17) is 5.26 Å². The molecule has 2 N–H and O–H groups in total. The van der Waals surface area contributed by atoms with E-state index in [0.717, 1.165) is 0 Å². The number of amides is 1. The van der Waals surface area contributed by atoms with Gasteiger partial charge in [-0.25, -0.2) is 0 Å². The topological polar surface area (TPSA) is 87.8 Å². The maximum atomic E-state index is 12.4. The zero-order valence-electron chi connectivity index (χ0n) is 12.2. The molecule has 1 fully saturated rings. The average molecular weight is 289 g/mol. The maximum Gasteiger partial charge on any atom is 0.261 e. The number of hydrogen-bond donors (Lipinski definition) is 2. The molecule has 112 valence electrons. The van der Waals surface area contributed by atoms with Gasteiger partial charge in [-0.2, -0.15) is 5.26 Å². The van der Waals surface area contributed by atoms with E-state index in [1.54, 1.807) is 4.90 Å². The Morgan fingerprint density at radius 1 is 1.19 bits per heavy atom. The first-order chi connectivity index (χ1) is 9.86. The van der Waals surface area contributed by atoms with Crippen LogP contribution < -0.4 is 0 Å². The highest BCUT2D eigenvalue weighted by Gasteiger charge is 2.32. The van der Waals surface area contributed by atoms with Crippen molar-refractivity contribution in [3.63, 3.8) is 0 Å². The molecule has 1 aliphatic rings. The van der Waals surface area contributed by atoms with E-state index in [9.17, 15) is 15.0 Å². The highest BCUT2D eigenvalue weighted by atomic mass is 16.3. The molecule has 0 aliphatic carbocycles. The molecule has 0 bridgehead atoms. The van der Waals surface area contributed by atoms with Crippen molar-refractivity contribution in [1.29, 1.82) is 5.26 Å². The molecule has 1 aliphatic heterocycles. The van der Waals surface area contributed by atoms with Gasteiger partial charge in [0.2, 0.25) is 0 Å². The Morgan fingerprint density at radius 2 is 1.71 bits per heavy atom. The van der Waals surface area contributed by atoms with Crippen LogP contribution in [0.5, 0.6) is 11.5 Å². The number of benzene rings is 1. The van der Waals surface area contributed by atoms with Crippen LogP contribution in [0.4, 0.5) is 0 Å². The molecular formula is C15H19N3O3. The fourth-order valence-corrected chi connectivity index (χ4v) is 2.44. The van der Waals surface area contributed by atoms with Crippen LogP contribution in [-0.2, 0) is 0 Å². The van der Waals surface area contributed by atoms with E-state index in [1.807, 2.05) is 18.7 Å². The minimum absolute atomic E-state index is 0.0644. The number of carbonyl (C=O) groups excluding carboxylic acids is 1. The molecule has 1 amide bonds. The zero-order chi connectivity index (χ0) is 15.6. The van der Waals surface area contributed by atoms with Gasteiger partial charge < -0.3 is 15.1 Å². The normalized spacial score (nSPS) is 16.5. The molecule has 0 radical (unpaired) electrons. The Morgan fingerprint density at radius 3 is 2.19 bits per heavy atom. The minimum atomic E-state index is -0.563. The van der Waals surface area contributed by atoms with Crippen LogP contribution >= 0.6 is 0 Å². The largest absolute Gasteiger partial charge is 0.507 e. The van der Waals surface area contributed by atoms with Crippen molar-refractivity contribution in [1.82, 2.24) is 9.80 Å². The van der Waals surface area contributed by atoms with Crippen LogP contribution in [0.15, 0.2) is 18.2 Å². The molecule has 21 heavy (non-hydrogen) atoms. The van der Waals surface area contributed by atoms with Gasteiger partial charge in [0, 0.05) is 26.2 Å². The van der Waals surface area contributed by atoms with Gasteiger partial charge in [-0.05, 0) is 26.0 Å². The monoisotopic (exact) mass is 289 g/mol. The van der Waals surface area contributed by atoms with Crippen molar-refractivity contribution in [2.24, 2.45) is 0 Å². The number of rotatable bonds is 2. The standard InChI is InChI=1S/C15H19N3O3/c1-15(2,10-16)18-8-6-17(7-9-18)14(21)13-11(19)4-3-5-12(13)20/h3-5,19-20H,6-9H2,1-2H3. The van der Waals surface area contributed by atoms with Crippen LogP contribution in [0, 0.1) is 11.3 Å². The van der Waals surface area contributed by atoms with Gasteiger partial charge in [-0.1, -0.05) is 6.07 Å². The Balaban J connectivity index is 2.10. The Bertz CT molecular complexity index is 564. The number of phenols is 2.